The Morgan fingerprint density at radius 1 is 1.69 bits per heavy atom. The first kappa shape index (κ1) is 13.0. The predicted octanol–water partition coefficient (Wildman–Crippen LogP) is -0.205. The fraction of sp³-hybridized carbons (Fsp3) is 0.750. The smallest absolute Gasteiger partial charge is 0.234 e. The van der Waals surface area contributed by atoms with Crippen molar-refractivity contribution in [3.05, 3.63) is 0 Å². The van der Waals surface area contributed by atoms with Gasteiger partial charge in [-0.15, -0.1) is 6.42 Å². The maximum atomic E-state index is 11.5. The second kappa shape index (κ2) is 6.51. The summed E-state index contributed by atoms with van der Waals surface area (Å²) in [7, 11) is 0. The minimum absolute atomic E-state index is 0.00880. The van der Waals surface area contributed by atoms with Gasteiger partial charge in [-0.2, -0.15) is 0 Å². The lowest BCUT2D eigenvalue weighted by atomic mass is 9.91. The Morgan fingerprint density at radius 2 is 2.44 bits per heavy atom. The predicted molar refractivity (Wildman–Crippen MR) is 64.7 cm³/mol. The molecule has 3 N–H and O–H groups in total. The van der Waals surface area contributed by atoms with Crippen molar-refractivity contribution in [3.8, 4) is 12.3 Å². The Balaban J connectivity index is 2.45. The van der Waals surface area contributed by atoms with Gasteiger partial charge in [0.2, 0.25) is 5.91 Å². The largest absolute Gasteiger partial charge is 0.344 e. The third-order valence-electron chi connectivity index (χ3n) is 3.21. The number of terminal acetylenes is 1. The van der Waals surface area contributed by atoms with E-state index >= 15 is 0 Å². The molecule has 0 aromatic heterocycles. The molecule has 1 aliphatic rings. The topological polar surface area (TPSA) is 58.4 Å². The van der Waals surface area contributed by atoms with Crippen LogP contribution in [0.4, 0.5) is 0 Å². The Hall–Kier alpha value is -1.05. The number of carbonyl (C=O) groups is 1. The maximum absolute atomic E-state index is 11.5. The number of carbonyl (C=O) groups excluding carboxylic acids is 1. The lowest BCUT2D eigenvalue weighted by Gasteiger charge is -2.38. The highest BCUT2D eigenvalue weighted by Gasteiger charge is 2.28. The summed E-state index contributed by atoms with van der Waals surface area (Å²) in [6.07, 6.45) is 7.42. The van der Waals surface area contributed by atoms with E-state index in [0.29, 0.717) is 31.6 Å². The molecule has 0 saturated carbocycles. The third-order valence-corrected chi connectivity index (χ3v) is 3.21. The lowest BCUT2D eigenvalue weighted by Crippen LogP contribution is -2.51. The van der Waals surface area contributed by atoms with E-state index in [1.165, 1.54) is 6.42 Å². The molecule has 16 heavy (non-hydrogen) atoms. The standard InChI is InChI=1S/C12H21N3O/c1-3-6-14-12(16)9-15-7-4-5-10(2)11(15)8-13/h1,10-11H,4-9,13H2,2H3,(H,14,16). The first-order valence-electron chi connectivity index (χ1n) is 5.83. The highest BCUT2D eigenvalue weighted by atomic mass is 16.2. The normalized spacial score (nSPS) is 26.1. The number of nitrogens with zero attached hydrogens (tertiary/aromatic N) is 1. The molecule has 0 radical (unpaired) electrons. The minimum atomic E-state index is -0.00880. The van der Waals surface area contributed by atoms with E-state index in [1.807, 2.05) is 0 Å². The van der Waals surface area contributed by atoms with Crippen molar-refractivity contribution < 1.29 is 4.79 Å². The SMILES string of the molecule is C#CCNC(=O)CN1CCCC(C)C1CN. The molecule has 0 spiro atoms. The van der Waals surface area contributed by atoms with E-state index in [0.717, 1.165) is 13.0 Å². The summed E-state index contributed by atoms with van der Waals surface area (Å²) in [5.74, 6) is 2.95. The fourth-order valence-electron chi connectivity index (χ4n) is 2.30. The maximum Gasteiger partial charge on any atom is 0.234 e. The molecule has 4 heteroatoms. The van der Waals surface area contributed by atoms with E-state index in [-0.39, 0.29) is 5.91 Å². The number of piperidine rings is 1. The monoisotopic (exact) mass is 223 g/mol. The number of hydrogen-bond acceptors (Lipinski definition) is 3. The molecule has 2 atom stereocenters. The van der Waals surface area contributed by atoms with Crippen molar-refractivity contribution in [2.75, 3.05) is 26.2 Å². The van der Waals surface area contributed by atoms with E-state index in [1.54, 1.807) is 0 Å². The van der Waals surface area contributed by atoms with Crippen LogP contribution >= 0.6 is 0 Å². The van der Waals surface area contributed by atoms with Crippen LogP contribution in [-0.2, 0) is 4.79 Å². The van der Waals surface area contributed by atoms with Crippen LogP contribution in [0.25, 0.3) is 0 Å². The average molecular weight is 223 g/mol. The second-order valence-corrected chi connectivity index (χ2v) is 4.37. The van der Waals surface area contributed by atoms with Crippen LogP contribution in [0, 0.1) is 18.3 Å². The van der Waals surface area contributed by atoms with Crippen LogP contribution in [0.2, 0.25) is 0 Å². The first-order chi connectivity index (χ1) is 7.69. The Labute approximate surface area is 97.6 Å². The van der Waals surface area contributed by atoms with Crippen molar-refractivity contribution in [2.45, 2.75) is 25.8 Å². The summed E-state index contributed by atoms with van der Waals surface area (Å²) in [5.41, 5.74) is 5.75. The molecule has 0 bridgehead atoms. The summed E-state index contributed by atoms with van der Waals surface area (Å²) in [6.45, 7) is 4.48. The van der Waals surface area contributed by atoms with E-state index in [4.69, 9.17) is 12.2 Å². The second-order valence-electron chi connectivity index (χ2n) is 4.37. The third kappa shape index (κ3) is 3.51. The van der Waals surface area contributed by atoms with Gasteiger partial charge in [0.05, 0.1) is 13.1 Å². The van der Waals surface area contributed by atoms with Crippen LogP contribution in [0.3, 0.4) is 0 Å². The van der Waals surface area contributed by atoms with Gasteiger partial charge in [0.15, 0.2) is 0 Å². The molecule has 4 nitrogen and oxygen atoms in total. The Kier molecular flexibility index (Phi) is 5.30. The van der Waals surface area contributed by atoms with Gasteiger partial charge in [-0.05, 0) is 25.3 Å². The van der Waals surface area contributed by atoms with Crippen molar-refractivity contribution in [1.82, 2.24) is 10.2 Å². The van der Waals surface area contributed by atoms with Gasteiger partial charge in [0.1, 0.15) is 0 Å². The molecule has 0 aromatic rings. The molecule has 2 unspecified atom stereocenters. The summed E-state index contributed by atoms with van der Waals surface area (Å²) in [5, 5.41) is 2.68. The van der Waals surface area contributed by atoms with E-state index in [2.05, 4.69) is 23.1 Å². The van der Waals surface area contributed by atoms with Crippen molar-refractivity contribution in [3.63, 3.8) is 0 Å². The van der Waals surface area contributed by atoms with Crippen LogP contribution in [0.5, 0.6) is 0 Å². The summed E-state index contributed by atoms with van der Waals surface area (Å²) >= 11 is 0. The van der Waals surface area contributed by atoms with E-state index < -0.39 is 0 Å². The number of amides is 1. The van der Waals surface area contributed by atoms with Crippen LogP contribution in [0.15, 0.2) is 0 Å². The zero-order valence-electron chi connectivity index (χ0n) is 9.91. The van der Waals surface area contributed by atoms with Crippen molar-refractivity contribution in [2.24, 2.45) is 11.7 Å². The highest BCUT2D eigenvalue weighted by Crippen LogP contribution is 2.21. The van der Waals surface area contributed by atoms with Crippen molar-refractivity contribution >= 4 is 5.91 Å². The zero-order chi connectivity index (χ0) is 12.0. The highest BCUT2D eigenvalue weighted by molar-refractivity contribution is 5.78. The molecule has 1 aliphatic heterocycles. The lowest BCUT2D eigenvalue weighted by molar-refractivity contribution is -0.123. The molecular weight excluding hydrogens is 202 g/mol. The quantitative estimate of drug-likeness (QED) is 0.649. The van der Waals surface area contributed by atoms with Gasteiger partial charge in [0, 0.05) is 12.6 Å². The molecule has 1 fully saturated rings. The Bertz CT molecular complexity index is 272. The van der Waals surface area contributed by atoms with Crippen LogP contribution < -0.4 is 11.1 Å². The molecule has 0 aliphatic carbocycles. The molecule has 1 saturated heterocycles. The van der Waals surface area contributed by atoms with E-state index in [9.17, 15) is 4.79 Å². The first-order valence-corrected chi connectivity index (χ1v) is 5.83. The summed E-state index contributed by atoms with van der Waals surface area (Å²) in [4.78, 5) is 13.7. The van der Waals surface area contributed by atoms with Crippen molar-refractivity contribution in [1.29, 1.82) is 0 Å². The summed E-state index contributed by atoms with van der Waals surface area (Å²) < 4.78 is 0. The summed E-state index contributed by atoms with van der Waals surface area (Å²) in [6, 6.07) is 0.324. The van der Waals surface area contributed by atoms with Gasteiger partial charge in [0.25, 0.3) is 0 Å². The van der Waals surface area contributed by atoms with Gasteiger partial charge < -0.3 is 11.1 Å². The Morgan fingerprint density at radius 3 is 3.06 bits per heavy atom. The van der Waals surface area contributed by atoms with Crippen LogP contribution in [-0.4, -0.2) is 43.0 Å². The average Bonchev–Trinajstić information content (AvgIpc) is 2.27. The molecule has 1 amide bonds. The molecule has 90 valence electrons. The van der Waals surface area contributed by atoms with Gasteiger partial charge in [-0.1, -0.05) is 12.8 Å². The fourth-order valence-corrected chi connectivity index (χ4v) is 2.30. The van der Waals surface area contributed by atoms with Gasteiger partial charge in [-0.25, -0.2) is 0 Å². The number of nitrogens with one attached hydrogen (secondary N) is 1. The van der Waals surface area contributed by atoms with Crippen LogP contribution in [0.1, 0.15) is 19.8 Å². The molecule has 0 aromatic carbocycles. The molecule has 1 rings (SSSR count). The molecular formula is C12H21N3O. The minimum Gasteiger partial charge on any atom is -0.344 e. The molecule has 1 heterocycles. The zero-order valence-corrected chi connectivity index (χ0v) is 9.91. The number of nitrogens with two attached hydrogens (primary N) is 1. The number of hydrogen-bond donors (Lipinski definition) is 2. The van der Waals surface area contributed by atoms with Gasteiger partial charge >= 0.3 is 0 Å². The number of likely N-dealkylation sites (tertiary alicyclic amines) is 1. The number of rotatable bonds is 4. The van der Waals surface area contributed by atoms with Gasteiger partial charge in [-0.3, -0.25) is 9.69 Å².